The average Bonchev–Trinajstić information content (AvgIpc) is 2.67. The summed E-state index contributed by atoms with van der Waals surface area (Å²) >= 11 is 0. The van der Waals surface area contributed by atoms with Crippen molar-refractivity contribution < 1.29 is 15.0 Å². The molecule has 0 saturated carbocycles. The third-order valence-electron chi connectivity index (χ3n) is 4.02. The molecule has 1 amide bonds. The van der Waals surface area contributed by atoms with Crippen molar-refractivity contribution >= 4 is 6.09 Å². The van der Waals surface area contributed by atoms with Crippen LogP contribution in [0.3, 0.4) is 0 Å². The van der Waals surface area contributed by atoms with Gasteiger partial charge in [0.25, 0.3) is 0 Å². The number of aliphatic hydroxyl groups is 1. The first-order valence-corrected chi connectivity index (χ1v) is 7.70. The lowest BCUT2D eigenvalue weighted by Gasteiger charge is -2.36. The maximum atomic E-state index is 11.7. The molecular formula is C19H17N3O3. The molecule has 0 spiro atoms. The molecule has 2 aromatic heterocycles. The lowest BCUT2D eigenvalue weighted by atomic mass is 9.78. The lowest BCUT2D eigenvalue weighted by Crippen LogP contribution is -2.44. The van der Waals surface area contributed by atoms with E-state index in [-0.39, 0.29) is 0 Å². The fourth-order valence-electron chi connectivity index (χ4n) is 2.87. The van der Waals surface area contributed by atoms with Crippen LogP contribution in [0.1, 0.15) is 22.7 Å². The van der Waals surface area contributed by atoms with Gasteiger partial charge in [-0.3, -0.25) is 9.97 Å². The van der Waals surface area contributed by atoms with Crippen molar-refractivity contribution in [2.24, 2.45) is 0 Å². The normalized spacial score (nSPS) is 12.4. The predicted octanol–water partition coefficient (Wildman–Crippen LogP) is 2.72. The third-order valence-corrected chi connectivity index (χ3v) is 4.02. The number of rotatable bonds is 5. The van der Waals surface area contributed by atoms with E-state index in [1.165, 1.54) is 12.4 Å². The second kappa shape index (κ2) is 7.11. The summed E-state index contributed by atoms with van der Waals surface area (Å²) < 4.78 is 0. The first kappa shape index (κ1) is 16.6. The van der Waals surface area contributed by atoms with Crippen LogP contribution in [0.4, 0.5) is 4.79 Å². The smallest absolute Gasteiger partial charge is 0.405 e. The summed E-state index contributed by atoms with van der Waals surface area (Å²) in [4.78, 5) is 19.6. The molecule has 2 heterocycles. The van der Waals surface area contributed by atoms with Gasteiger partial charge in [0, 0.05) is 35.9 Å². The van der Waals surface area contributed by atoms with Crippen LogP contribution < -0.4 is 5.32 Å². The number of nitrogens with one attached hydrogen (secondary N) is 1. The summed E-state index contributed by atoms with van der Waals surface area (Å²) in [5.41, 5.74) is -0.126. The van der Waals surface area contributed by atoms with E-state index >= 15 is 0 Å². The maximum absolute atomic E-state index is 11.7. The number of benzene rings is 1. The molecule has 0 bridgehead atoms. The highest BCUT2D eigenvalue weighted by Gasteiger charge is 2.42. The second-order valence-corrected chi connectivity index (χ2v) is 5.54. The predicted molar refractivity (Wildman–Crippen MR) is 91.8 cm³/mol. The number of aromatic nitrogens is 2. The largest absolute Gasteiger partial charge is 0.465 e. The molecule has 0 aliphatic rings. The zero-order valence-electron chi connectivity index (χ0n) is 13.3. The molecule has 3 rings (SSSR count). The monoisotopic (exact) mass is 335 g/mol. The summed E-state index contributed by atoms with van der Waals surface area (Å²) in [5, 5.41) is 23.5. The van der Waals surface area contributed by atoms with Gasteiger partial charge in [0.15, 0.2) is 0 Å². The minimum Gasteiger partial charge on any atom is -0.465 e. The van der Waals surface area contributed by atoms with Crippen molar-refractivity contribution in [2.75, 3.05) is 0 Å². The number of pyridine rings is 2. The molecule has 126 valence electrons. The van der Waals surface area contributed by atoms with Gasteiger partial charge in [-0.05, 0) is 17.7 Å². The van der Waals surface area contributed by atoms with E-state index < -0.39 is 17.7 Å². The highest BCUT2D eigenvalue weighted by Crippen LogP contribution is 2.40. The van der Waals surface area contributed by atoms with Crippen LogP contribution in [-0.2, 0) is 5.60 Å². The number of hydrogen-bond acceptors (Lipinski definition) is 4. The Morgan fingerprint density at radius 3 is 1.92 bits per heavy atom. The van der Waals surface area contributed by atoms with Crippen molar-refractivity contribution in [3.8, 4) is 0 Å². The van der Waals surface area contributed by atoms with Crippen molar-refractivity contribution in [3.05, 3.63) is 96.1 Å². The van der Waals surface area contributed by atoms with Gasteiger partial charge in [0.05, 0.1) is 6.04 Å². The van der Waals surface area contributed by atoms with Gasteiger partial charge in [-0.1, -0.05) is 42.5 Å². The van der Waals surface area contributed by atoms with Crippen LogP contribution in [0, 0.1) is 0 Å². The molecule has 3 N–H and O–H groups in total. The molecule has 6 heteroatoms. The van der Waals surface area contributed by atoms with Crippen molar-refractivity contribution in [3.63, 3.8) is 0 Å². The molecule has 0 unspecified atom stereocenters. The molecule has 25 heavy (non-hydrogen) atoms. The molecule has 6 nitrogen and oxygen atoms in total. The Morgan fingerprint density at radius 2 is 1.48 bits per heavy atom. The summed E-state index contributed by atoms with van der Waals surface area (Å²) in [7, 11) is 0. The Hall–Kier alpha value is -3.25. The van der Waals surface area contributed by atoms with Crippen molar-refractivity contribution in [2.45, 2.75) is 11.6 Å². The van der Waals surface area contributed by atoms with Gasteiger partial charge >= 0.3 is 6.09 Å². The van der Waals surface area contributed by atoms with Crippen molar-refractivity contribution in [1.29, 1.82) is 0 Å². The van der Waals surface area contributed by atoms with Crippen molar-refractivity contribution in [1.82, 2.24) is 15.3 Å². The number of amides is 1. The minimum absolute atomic E-state index is 0.464. The summed E-state index contributed by atoms with van der Waals surface area (Å²) in [6.45, 7) is 0. The quantitative estimate of drug-likeness (QED) is 0.666. The van der Waals surface area contributed by atoms with Crippen LogP contribution >= 0.6 is 0 Å². The highest BCUT2D eigenvalue weighted by atomic mass is 16.4. The van der Waals surface area contributed by atoms with E-state index in [9.17, 15) is 15.0 Å². The number of nitrogens with zero attached hydrogens (tertiary/aromatic N) is 2. The highest BCUT2D eigenvalue weighted by molar-refractivity contribution is 5.66. The van der Waals surface area contributed by atoms with Crippen LogP contribution in [0.15, 0.2) is 79.4 Å². The molecule has 1 atom stereocenters. The number of hydrogen-bond donors (Lipinski definition) is 3. The van der Waals surface area contributed by atoms with Crippen LogP contribution in [0.5, 0.6) is 0 Å². The standard InChI is InChI=1S/C19H17N3O3/c23-18(24)22-17(14-6-2-1-3-7-14)19(25,15-8-4-10-20-12-15)16-9-5-11-21-13-16/h1-13,17,22,25H,(H,23,24)/t17-/m1/s1. The number of carboxylic acid groups (broad SMARTS) is 1. The SMILES string of the molecule is O=C(O)N[C@H](c1ccccc1)C(O)(c1cccnc1)c1cccnc1. The minimum atomic E-state index is -1.68. The first-order valence-electron chi connectivity index (χ1n) is 7.70. The van der Waals surface area contributed by atoms with E-state index in [4.69, 9.17) is 0 Å². The average molecular weight is 335 g/mol. The van der Waals surface area contributed by atoms with Crippen LogP contribution in [-0.4, -0.2) is 26.3 Å². The molecule has 0 saturated heterocycles. The fraction of sp³-hybridized carbons (Fsp3) is 0.105. The van der Waals surface area contributed by atoms with E-state index in [1.807, 2.05) is 6.07 Å². The van der Waals surface area contributed by atoms with Gasteiger partial charge in [0.1, 0.15) is 5.60 Å². The van der Waals surface area contributed by atoms with Gasteiger partial charge in [-0.25, -0.2) is 4.79 Å². The Kier molecular flexibility index (Phi) is 4.72. The van der Waals surface area contributed by atoms with Gasteiger partial charge in [-0.2, -0.15) is 0 Å². The Labute approximate surface area is 144 Å². The molecule has 0 fully saturated rings. The number of carbonyl (C=O) groups is 1. The van der Waals surface area contributed by atoms with E-state index in [0.717, 1.165) is 0 Å². The zero-order valence-corrected chi connectivity index (χ0v) is 13.3. The molecule has 1 aromatic carbocycles. The lowest BCUT2D eigenvalue weighted by molar-refractivity contribution is 0.0359. The maximum Gasteiger partial charge on any atom is 0.405 e. The van der Waals surface area contributed by atoms with Crippen LogP contribution in [0.2, 0.25) is 0 Å². The van der Waals surface area contributed by atoms with E-state index in [0.29, 0.717) is 16.7 Å². The molecule has 3 aromatic rings. The fourth-order valence-corrected chi connectivity index (χ4v) is 2.87. The molecule has 0 aliphatic heterocycles. The van der Waals surface area contributed by atoms with Gasteiger partial charge < -0.3 is 15.5 Å². The van der Waals surface area contributed by atoms with Gasteiger partial charge in [0.2, 0.25) is 0 Å². The van der Waals surface area contributed by atoms with Gasteiger partial charge in [-0.15, -0.1) is 0 Å². The topological polar surface area (TPSA) is 95.3 Å². The third kappa shape index (κ3) is 3.34. The van der Waals surface area contributed by atoms with E-state index in [2.05, 4.69) is 15.3 Å². The molecule has 0 radical (unpaired) electrons. The summed E-state index contributed by atoms with van der Waals surface area (Å²) in [6, 6.07) is 14.8. The first-order chi connectivity index (χ1) is 12.1. The van der Waals surface area contributed by atoms with Crippen LogP contribution in [0.25, 0.3) is 0 Å². The summed E-state index contributed by atoms with van der Waals surface area (Å²) in [6.07, 6.45) is 4.99. The molecular weight excluding hydrogens is 318 g/mol. The van der Waals surface area contributed by atoms with E-state index in [1.54, 1.807) is 60.9 Å². The second-order valence-electron chi connectivity index (χ2n) is 5.54. The Morgan fingerprint density at radius 1 is 0.920 bits per heavy atom. The zero-order chi connectivity index (χ0) is 17.7. The Balaban J connectivity index is 2.22. The summed E-state index contributed by atoms with van der Waals surface area (Å²) in [5.74, 6) is 0. The Bertz CT molecular complexity index is 787. The molecule has 0 aliphatic carbocycles.